The van der Waals surface area contributed by atoms with Gasteiger partial charge in [0.2, 0.25) is 0 Å². The van der Waals surface area contributed by atoms with Crippen LogP contribution in [0.1, 0.15) is 54.4 Å². The lowest BCUT2D eigenvalue weighted by Crippen LogP contribution is -2.53. The van der Waals surface area contributed by atoms with Crippen LogP contribution in [0.3, 0.4) is 0 Å². The molecule has 6 nitrogen and oxygen atoms in total. The number of piperazine rings is 1. The van der Waals surface area contributed by atoms with E-state index in [4.69, 9.17) is 11.6 Å². The fraction of sp³-hybridized carbons (Fsp3) is 0.556. The van der Waals surface area contributed by atoms with Gasteiger partial charge in [-0.2, -0.15) is 0 Å². The number of piperidine rings is 1. The fourth-order valence-electron chi connectivity index (χ4n) is 5.72. The second-order valence-electron chi connectivity index (χ2n) is 10.1. The van der Waals surface area contributed by atoms with E-state index in [0.29, 0.717) is 22.7 Å². The third-order valence-corrected chi connectivity index (χ3v) is 8.59. The summed E-state index contributed by atoms with van der Waals surface area (Å²) >= 11 is 10.1. The lowest BCUT2D eigenvalue weighted by molar-refractivity contribution is 0.0937. The average molecular weight is 561 g/mol. The van der Waals surface area contributed by atoms with Crippen molar-refractivity contribution in [3.63, 3.8) is 0 Å². The minimum atomic E-state index is -0.0610. The minimum Gasteiger partial charge on any atom is -0.353 e. The average Bonchev–Trinajstić information content (AvgIpc) is 3.39. The van der Waals surface area contributed by atoms with Gasteiger partial charge in [-0.15, -0.1) is 0 Å². The van der Waals surface area contributed by atoms with Crippen LogP contribution >= 0.6 is 27.5 Å². The number of halogens is 2. The first-order chi connectivity index (χ1) is 17.0. The molecule has 35 heavy (non-hydrogen) atoms. The molecular formula is C27H35BrClN5O. The number of hydrogen-bond acceptors (Lipinski definition) is 5. The number of benzene rings is 1. The molecule has 3 heterocycles. The number of aromatic nitrogens is 1. The number of pyridine rings is 1. The second-order valence-corrected chi connectivity index (χ2v) is 11.5. The highest BCUT2D eigenvalue weighted by molar-refractivity contribution is 9.10. The zero-order chi connectivity index (χ0) is 24.2. The maximum atomic E-state index is 12.6. The smallest absolute Gasteiger partial charge is 0.253 e. The Morgan fingerprint density at radius 1 is 1.00 bits per heavy atom. The Hall–Kier alpha value is -1.67. The Kier molecular flexibility index (Phi) is 8.28. The van der Waals surface area contributed by atoms with Crippen molar-refractivity contribution in [2.24, 2.45) is 0 Å². The number of carbonyl (C=O) groups is 1. The summed E-state index contributed by atoms with van der Waals surface area (Å²) in [5.74, 6) is 0.738. The minimum absolute atomic E-state index is 0.0610. The number of anilines is 1. The molecule has 2 aliphatic heterocycles. The first-order valence-electron chi connectivity index (χ1n) is 13.0. The van der Waals surface area contributed by atoms with Gasteiger partial charge in [0.25, 0.3) is 5.91 Å². The molecule has 1 aromatic carbocycles. The van der Waals surface area contributed by atoms with Crippen molar-refractivity contribution in [2.75, 3.05) is 44.2 Å². The third-order valence-electron chi connectivity index (χ3n) is 7.78. The number of amides is 1. The van der Waals surface area contributed by atoms with E-state index in [0.717, 1.165) is 68.9 Å². The maximum absolute atomic E-state index is 12.6. The Balaban J connectivity index is 1.09. The van der Waals surface area contributed by atoms with Crippen LogP contribution in [0.5, 0.6) is 0 Å². The lowest BCUT2D eigenvalue weighted by atomic mass is 10.0. The number of nitrogens with zero attached hydrogens (tertiary/aromatic N) is 4. The molecule has 0 spiro atoms. The Labute approximate surface area is 222 Å². The largest absolute Gasteiger partial charge is 0.353 e. The zero-order valence-corrected chi connectivity index (χ0v) is 22.6. The number of likely N-dealkylation sites (tertiary alicyclic amines) is 1. The van der Waals surface area contributed by atoms with Gasteiger partial charge in [-0.25, -0.2) is 4.98 Å². The molecule has 1 N–H and O–H groups in total. The van der Waals surface area contributed by atoms with Gasteiger partial charge in [0, 0.05) is 55.5 Å². The molecule has 3 aliphatic rings. The molecule has 2 saturated heterocycles. The first kappa shape index (κ1) is 25.0. The van der Waals surface area contributed by atoms with Gasteiger partial charge in [-0.3, -0.25) is 14.6 Å². The van der Waals surface area contributed by atoms with Gasteiger partial charge in [-0.05, 0) is 62.5 Å². The highest BCUT2D eigenvalue weighted by atomic mass is 79.9. The van der Waals surface area contributed by atoms with Crippen molar-refractivity contribution in [3.05, 3.63) is 57.2 Å². The summed E-state index contributed by atoms with van der Waals surface area (Å²) in [4.78, 5) is 24.6. The van der Waals surface area contributed by atoms with Crippen LogP contribution in [0, 0.1) is 0 Å². The molecule has 1 amide bonds. The standard InChI is InChI=1S/C27H35BrClN5O/c28-22-7-5-20(6-8-22)19-32-11-9-24(10-12-32)33-13-15-34(16-14-33)26-25(29)17-21(18-30-26)27(35)31-23-3-1-2-4-23/h5-8,17-18,23-24H,1-4,9-16,19H2,(H,31,35). The normalized spacial score (nSPS) is 20.9. The molecule has 1 aliphatic carbocycles. The molecule has 5 rings (SSSR count). The SMILES string of the molecule is O=C(NC1CCCC1)c1cnc(N2CCN(C3CCN(Cc4ccc(Br)cc4)CC3)CC2)c(Cl)c1. The zero-order valence-electron chi connectivity index (χ0n) is 20.3. The predicted octanol–water partition coefficient (Wildman–Crippen LogP) is 4.96. The molecule has 0 atom stereocenters. The van der Waals surface area contributed by atoms with Crippen LogP contribution in [-0.4, -0.2) is 72.0 Å². The lowest BCUT2D eigenvalue weighted by Gasteiger charge is -2.43. The van der Waals surface area contributed by atoms with E-state index in [-0.39, 0.29) is 5.91 Å². The van der Waals surface area contributed by atoms with Crippen molar-refractivity contribution < 1.29 is 4.79 Å². The summed E-state index contributed by atoms with van der Waals surface area (Å²) in [6, 6.07) is 11.4. The van der Waals surface area contributed by atoms with E-state index in [9.17, 15) is 4.79 Å². The summed E-state index contributed by atoms with van der Waals surface area (Å²) in [7, 11) is 0. The maximum Gasteiger partial charge on any atom is 0.253 e. The number of hydrogen-bond donors (Lipinski definition) is 1. The van der Waals surface area contributed by atoms with Crippen LogP contribution in [0.15, 0.2) is 41.0 Å². The van der Waals surface area contributed by atoms with Gasteiger partial charge < -0.3 is 10.2 Å². The van der Waals surface area contributed by atoms with Crippen molar-refractivity contribution >= 4 is 39.3 Å². The topological polar surface area (TPSA) is 51.7 Å². The van der Waals surface area contributed by atoms with Crippen LogP contribution in [-0.2, 0) is 6.54 Å². The van der Waals surface area contributed by atoms with Crippen LogP contribution in [0.2, 0.25) is 5.02 Å². The third kappa shape index (κ3) is 6.37. The van der Waals surface area contributed by atoms with Gasteiger partial charge in [0.1, 0.15) is 5.82 Å². The number of nitrogens with one attached hydrogen (secondary N) is 1. The van der Waals surface area contributed by atoms with E-state index in [1.54, 1.807) is 12.3 Å². The van der Waals surface area contributed by atoms with Crippen LogP contribution in [0.4, 0.5) is 5.82 Å². The molecule has 1 saturated carbocycles. The molecule has 1 aromatic heterocycles. The number of carbonyl (C=O) groups excluding carboxylic acids is 1. The van der Waals surface area contributed by atoms with Crippen molar-refractivity contribution in [2.45, 2.75) is 57.2 Å². The van der Waals surface area contributed by atoms with E-state index in [1.165, 1.54) is 31.2 Å². The van der Waals surface area contributed by atoms with Gasteiger partial charge in [0.05, 0.1) is 10.6 Å². The Morgan fingerprint density at radius 2 is 1.69 bits per heavy atom. The first-order valence-corrected chi connectivity index (χ1v) is 14.1. The van der Waals surface area contributed by atoms with Gasteiger partial charge in [0.15, 0.2) is 0 Å². The predicted molar refractivity (Wildman–Crippen MR) is 145 cm³/mol. The summed E-state index contributed by atoms with van der Waals surface area (Å²) in [5, 5.41) is 3.69. The van der Waals surface area contributed by atoms with Crippen molar-refractivity contribution in [1.29, 1.82) is 0 Å². The highest BCUT2D eigenvalue weighted by Crippen LogP contribution is 2.27. The molecule has 0 radical (unpaired) electrons. The van der Waals surface area contributed by atoms with E-state index >= 15 is 0 Å². The monoisotopic (exact) mass is 559 g/mol. The van der Waals surface area contributed by atoms with E-state index in [2.05, 4.69) is 65.2 Å². The molecule has 8 heteroatoms. The van der Waals surface area contributed by atoms with E-state index in [1.807, 2.05) is 0 Å². The molecule has 0 unspecified atom stereocenters. The molecule has 3 fully saturated rings. The summed E-state index contributed by atoms with van der Waals surface area (Å²) in [6.07, 6.45) is 8.65. The fourth-order valence-corrected chi connectivity index (χ4v) is 6.27. The van der Waals surface area contributed by atoms with Crippen LogP contribution < -0.4 is 10.2 Å². The van der Waals surface area contributed by atoms with Gasteiger partial charge in [-0.1, -0.05) is 52.5 Å². The van der Waals surface area contributed by atoms with Gasteiger partial charge >= 0.3 is 0 Å². The molecule has 2 aromatic rings. The summed E-state index contributed by atoms with van der Waals surface area (Å²) in [5.41, 5.74) is 1.94. The van der Waals surface area contributed by atoms with Crippen LogP contribution in [0.25, 0.3) is 0 Å². The second kappa shape index (κ2) is 11.6. The summed E-state index contributed by atoms with van der Waals surface area (Å²) < 4.78 is 1.14. The Bertz CT molecular complexity index is 997. The molecule has 0 bridgehead atoms. The van der Waals surface area contributed by atoms with E-state index < -0.39 is 0 Å². The summed E-state index contributed by atoms with van der Waals surface area (Å²) in [6.45, 7) is 7.22. The van der Waals surface area contributed by atoms with Crippen molar-refractivity contribution in [1.82, 2.24) is 20.1 Å². The molecule has 188 valence electrons. The highest BCUT2D eigenvalue weighted by Gasteiger charge is 2.29. The molecular weight excluding hydrogens is 526 g/mol. The van der Waals surface area contributed by atoms with Crippen molar-refractivity contribution in [3.8, 4) is 0 Å². The number of rotatable bonds is 6. The quantitative estimate of drug-likeness (QED) is 0.541. The Morgan fingerprint density at radius 3 is 2.34 bits per heavy atom.